The quantitative estimate of drug-likeness (QED) is 0.857. The van der Waals surface area contributed by atoms with Gasteiger partial charge >= 0.3 is 0 Å². The van der Waals surface area contributed by atoms with Gasteiger partial charge in [-0.1, -0.05) is 6.92 Å². The number of likely N-dealkylation sites (tertiary alicyclic amines) is 2. The van der Waals surface area contributed by atoms with E-state index >= 15 is 0 Å². The zero-order valence-electron chi connectivity index (χ0n) is 13.1. The van der Waals surface area contributed by atoms with Gasteiger partial charge in [0.15, 0.2) is 0 Å². The van der Waals surface area contributed by atoms with Crippen LogP contribution in [0.25, 0.3) is 0 Å². The Labute approximate surface area is 127 Å². The van der Waals surface area contributed by atoms with Crippen LogP contribution in [0.2, 0.25) is 0 Å². The summed E-state index contributed by atoms with van der Waals surface area (Å²) < 4.78 is 0. The molecule has 2 saturated heterocycles. The fourth-order valence-corrected chi connectivity index (χ4v) is 4.42. The number of pyridine rings is 1. The molecule has 0 saturated carbocycles. The first-order valence-corrected chi connectivity index (χ1v) is 8.07. The van der Waals surface area contributed by atoms with Crippen LogP contribution in [-0.2, 0) is 11.3 Å². The number of carbonyl (C=O) groups is 1. The van der Waals surface area contributed by atoms with E-state index in [0.717, 1.165) is 32.4 Å². The molecule has 1 aromatic heterocycles. The van der Waals surface area contributed by atoms with Gasteiger partial charge in [0, 0.05) is 31.4 Å². The summed E-state index contributed by atoms with van der Waals surface area (Å²) >= 11 is 0. The second-order valence-corrected chi connectivity index (χ2v) is 6.45. The Bertz CT molecular complexity index is 504. The molecule has 0 bridgehead atoms. The maximum absolute atomic E-state index is 12.5. The Balaban J connectivity index is 1.90. The van der Waals surface area contributed by atoms with E-state index in [1.807, 2.05) is 24.5 Å². The first-order valence-electron chi connectivity index (χ1n) is 8.07. The van der Waals surface area contributed by atoms with E-state index in [9.17, 15) is 4.79 Å². The van der Waals surface area contributed by atoms with E-state index in [0.29, 0.717) is 18.4 Å². The van der Waals surface area contributed by atoms with Gasteiger partial charge in [-0.2, -0.15) is 0 Å². The number of likely N-dealkylation sites (N-methyl/N-ethyl adjacent to an activating group) is 1. The van der Waals surface area contributed by atoms with Crippen LogP contribution in [0.15, 0.2) is 24.5 Å². The average Bonchev–Trinajstić information content (AvgIpc) is 2.79. The highest BCUT2D eigenvalue weighted by atomic mass is 16.2. The third-order valence-electron chi connectivity index (χ3n) is 5.36. The van der Waals surface area contributed by atoms with Crippen molar-refractivity contribution >= 4 is 5.91 Å². The molecule has 3 rings (SSSR count). The Hall–Kier alpha value is -1.42. The van der Waals surface area contributed by atoms with Crippen molar-refractivity contribution in [1.29, 1.82) is 0 Å². The molecule has 1 amide bonds. The molecule has 3 heterocycles. The van der Waals surface area contributed by atoms with Gasteiger partial charge in [0.1, 0.15) is 0 Å². The van der Waals surface area contributed by atoms with Gasteiger partial charge in [0.25, 0.3) is 0 Å². The maximum Gasteiger partial charge on any atom is 0.223 e. The molecule has 1 spiro atoms. The lowest BCUT2D eigenvalue weighted by Crippen LogP contribution is -2.61. The number of piperidine rings is 1. The molecule has 114 valence electrons. The number of rotatable bonds is 3. The van der Waals surface area contributed by atoms with Crippen molar-refractivity contribution in [3.8, 4) is 0 Å². The molecule has 4 nitrogen and oxygen atoms in total. The van der Waals surface area contributed by atoms with E-state index in [1.165, 1.54) is 12.0 Å². The Kier molecular flexibility index (Phi) is 3.98. The van der Waals surface area contributed by atoms with Crippen LogP contribution in [0.1, 0.15) is 44.6 Å². The third kappa shape index (κ3) is 2.46. The standard InChI is InChI=1S/C17H25N3O/c1-3-15-17(8-4-12-19(15)2)9-5-16(21)20(17)13-14-6-10-18-11-7-14/h6-7,10-11,15H,3-5,8-9,12-13H2,1-2H3/t15-,17+/m0/s1. The number of hydrogen-bond donors (Lipinski definition) is 0. The van der Waals surface area contributed by atoms with E-state index in [1.54, 1.807) is 0 Å². The predicted octanol–water partition coefficient (Wildman–Crippen LogP) is 2.45. The zero-order chi connectivity index (χ0) is 14.9. The lowest BCUT2D eigenvalue weighted by molar-refractivity contribution is -0.135. The second-order valence-electron chi connectivity index (χ2n) is 6.45. The number of carbonyl (C=O) groups excluding carboxylic acids is 1. The van der Waals surface area contributed by atoms with Gasteiger partial charge in [0.2, 0.25) is 5.91 Å². The Morgan fingerprint density at radius 3 is 2.81 bits per heavy atom. The summed E-state index contributed by atoms with van der Waals surface area (Å²) in [5.41, 5.74) is 1.23. The van der Waals surface area contributed by atoms with Gasteiger partial charge in [-0.15, -0.1) is 0 Å². The van der Waals surface area contributed by atoms with Gasteiger partial charge in [-0.25, -0.2) is 0 Å². The van der Waals surface area contributed by atoms with Crippen molar-refractivity contribution in [1.82, 2.24) is 14.8 Å². The van der Waals surface area contributed by atoms with Crippen LogP contribution in [0.5, 0.6) is 0 Å². The summed E-state index contributed by atoms with van der Waals surface area (Å²) in [6.45, 7) is 4.13. The first kappa shape index (κ1) is 14.5. The van der Waals surface area contributed by atoms with Gasteiger partial charge in [0.05, 0.1) is 5.54 Å². The summed E-state index contributed by atoms with van der Waals surface area (Å²) in [5, 5.41) is 0. The summed E-state index contributed by atoms with van der Waals surface area (Å²) in [5.74, 6) is 0.320. The van der Waals surface area contributed by atoms with E-state index in [2.05, 4.69) is 28.8 Å². The number of aromatic nitrogens is 1. The summed E-state index contributed by atoms with van der Waals surface area (Å²) in [4.78, 5) is 21.2. The van der Waals surface area contributed by atoms with Crippen molar-refractivity contribution in [2.24, 2.45) is 0 Å². The van der Waals surface area contributed by atoms with Crippen molar-refractivity contribution in [2.45, 2.75) is 57.2 Å². The molecule has 0 aliphatic carbocycles. The van der Waals surface area contributed by atoms with Gasteiger partial charge in [-0.05, 0) is 57.0 Å². The summed E-state index contributed by atoms with van der Waals surface area (Å²) in [6, 6.07) is 4.53. The Morgan fingerprint density at radius 2 is 2.10 bits per heavy atom. The minimum atomic E-state index is 0.0438. The van der Waals surface area contributed by atoms with E-state index in [-0.39, 0.29) is 5.54 Å². The lowest BCUT2D eigenvalue weighted by atomic mass is 9.77. The highest BCUT2D eigenvalue weighted by molar-refractivity contribution is 5.80. The molecule has 2 aliphatic heterocycles. The topological polar surface area (TPSA) is 36.4 Å². The minimum Gasteiger partial charge on any atom is -0.331 e. The summed E-state index contributed by atoms with van der Waals surface area (Å²) in [7, 11) is 2.21. The molecule has 4 heteroatoms. The van der Waals surface area contributed by atoms with Crippen LogP contribution in [0.3, 0.4) is 0 Å². The van der Waals surface area contributed by atoms with Gasteiger partial charge in [-0.3, -0.25) is 9.78 Å². The van der Waals surface area contributed by atoms with E-state index in [4.69, 9.17) is 0 Å². The molecule has 2 fully saturated rings. The monoisotopic (exact) mass is 287 g/mol. The van der Waals surface area contributed by atoms with Gasteiger partial charge < -0.3 is 9.80 Å². The minimum absolute atomic E-state index is 0.0438. The smallest absolute Gasteiger partial charge is 0.223 e. The molecule has 1 aromatic rings. The molecule has 0 aromatic carbocycles. The zero-order valence-corrected chi connectivity index (χ0v) is 13.1. The molecule has 21 heavy (non-hydrogen) atoms. The normalized spacial score (nSPS) is 30.3. The number of amides is 1. The molecule has 0 unspecified atom stereocenters. The summed E-state index contributed by atoms with van der Waals surface area (Å²) in [6.07, 6.45) is 8.78. The van der Waals surface area contributed by atoms with Crippen molar-refractivity contribution in [3.63, 3.8) is 0 Å². The van der Waals surface area contributed by atoms with Crippen LogP contribution in [0.4, 0.5) is 0 Å². The van der Waals surface area contributed by atoms with Crippen molar-refractivity contribution in [2.75, 3.05) is 13.6 Å². The van der Waals surface area contributed by atoms with Crippen LogP contribution >= 0.6 is 0 Å². The van der Waals surface area contributed by atoms with Crippen molar-refractivity contribution in [3.05, 3.63) is 30.1 Å². The molecular formula is C17H25N3O. The number of nitrogens with zero attached hydrogens (tertiary/aromatic N) is 3. The largest absolute Gasteiger partial charge is 0.331 e. The van der Waals surface area contributed by atoms with Crippen LogP contribution in [-0.4, -0.2) is 45.9 Å². The highest BCUT2D eigenvalue weighted by Crippen LogP contribution is 2.43. The molecular weight excluding hydrogens is 262 g/mol. The van der Waals surface area contributed by atoms with Crippen LogP contribution < -0.4 is 0 Å². The molecule has 2 atom stereocenters. The lowest BCUT2D eigenvalue weighted by Gasteiger charge is -2.51. The molecule has 0 radical (unpaired) electrons. The fourth-order valence-electron chi connectivity index (χ4n) is 4.42. The first-order chi connectivity index (χ1) is 10.2. The third-order valence-corrected chi connectivity index (χ3v) is 5.36. The second kappa shape index (κ2) is 5.76. The fraction of sp³-hybridized carbons (Fsp3) is 0.647. The van der Waals surface area contributed by atoms with E-state index < -0.39 is 0 Å². The predicted molar refractivity (Wildman–Crippen MR) is 82.7 cm³/mol. The molecule has 0 N–H and O–H groups in total. The molecule has 2 aliphatic rings. The van der Waals surface area contributed by atoms with Crippen LogP contribution in [0, 0.1) is 0 Å². The Morgan fingerprint density at radius 1 is 1.33 bits per heavy atom. The average molecular weight is 287 g/mol. The van der Waals surface area contributed by atoms with Crippen molar-refractivity contribution < 1.29 is 4.79 Å². The SMILES string of the molecule is CC[C@@H]1N(C)CCC[C@@]12CCC(=O)N2Cc1ccncc1. The highest BCUT2D eigenvalue weighted by Gasteiger charge is 2.52. The number of hydrogen-bond acceptors (Lipinski definition) is 3. The maximum atomic E-state index is 12.5.